The van der Waals surface area contributed by atoms with E-state index in [9.17, 15) is 9.50 Å². The Labute approximate surface area is 95.5 Å². The van der Waals surface area contributed by atoms with Gasteiger partial charge in [0.1, 0.15) is 5.82 Å². The van der Waals surface area contributed by atoms with E-state index in [4.69, 9.17) is 0 Å². The van der Waals surface area contributed by atoms with Crippen LogP contribution in [0.15, 0.2) is 24.3 Å². The topological polar surface area (TPSA) is 32.3 Å². The third-order valence-corrected chi connectivity index (χ3v) is 2.90. The van der Waals surface area contributed by atoms with E-state index in [0.717, 1.165) is 18.4 Å². The van der Waals surface area contributed by atoms with Gasteiger partial charge in [0.05, 0.1) is 6.10 Å². The Morgan fingerprint density at radius 3 is 2.62 bits per heavy atom. The average molecular weight is 223 g/mol. The number of halogens is 1. The van der Waals surface area contributed by atoms with Crippen molar-refractivity contribution in [1.29, 1.82) is 0 Å². The quantitative estimate of drug-likeness (QED) is 0.771. The van der Waals surface area contributed by atoms with Crippen LogP contribution in [0.5, 0.6) is 0 Å². The summed E-state index contributed by atoms with van der Waals surface area (Å²) in [5.74, 6) is -0.209. The molecule has 2 rings (SSSR count). The van der Waals surface area contributed by atoms with Crippen molar-refractivity contribution in [1.82, 2.24) is 5.32 Å². The molecule has 1 aliphatic carbocycles. The molecule has 88 valence electrons. The lowest BCUT2D eigenvalue weighted by molar-refractivity contribution is 0.161. The Morgan fingerprint density at radius 1 is 1.31 bits per heavy atom. The highest BCUT2D eigenvalue weighted by molar-refractivity contribution is 5.16. The minimum Gasteiger partial charge on any atom is -0.392 e. The maximum atomic E-state index is 12.6. The fourth-order valence-corrected chi connectivity index (χ4v) is 1.68. The van der Waals surface area contributed by atoms with Crippen LogP contribution < -0.4 is 5.32 Å². The molecule has 1 aromatic carbocycles. The lowest BCUT2D eigenvalue weighted by atomic mass is 10.1. The van der Waals surface area contributed by atoms with Gasteiger partial charge in [0.2, 0.25) is 0 Å². The molecule has 0 saturated heterocycles. The first-order valence-electron chi connectivity index (χ1n) is 5.90. The van der Waals surface area contributed by atoms with E-state index in [2.05, 4.69) is 5.32 Å². The minimum atomic E-state index is -0.300. The van der Waals surface area contributed by atoms with Crippen LogP contribution in [0.1, 0.15) is 24.8 Å². The van der Waals surface area contributed by atoms with Crippen molar-refractivity contribution < 1.29 is 9.50 Å². The van der Waals surface area contributed by atoms with E-state index in [0.29, 0.717) is 12.6 Å². The minimum absolute atomic E-state index is 0.209. The Hall–Kier alpha value is -0.930. The molecule has 0 aliphatic heterocycles. The van der Waals surface area contributed by atoms with Gasteiger partial charge in [0.25, 0.3) is 0 Å². The molecule has 1 fully saturated rings. The monoisotopic (exact) mass is 223 g/mol. The van der Waals surface area contributed by atoms with Crippen LogP contribution in [0.25, 0.3) is 0 Å². The summed E-state index contributed by atoms with van der Waals surface area (Å²) in [5.41, 5.74) is 1.08. The third-order valence-electron chi connectivity index (χ3n) is 2.90. The summed E-state index contributed by atoms with van der Waals surface area (Å²) >= 11 is 0. The van der Waals surface area contributed by atoms with E-state index in [-0.39, 0.29) is 11.9 Å². The number of aryl methyl sites for hydroxylation is 1. The van der Waals surface area contributed by atoms with Gasteiger partial charge < -0.3 is 10.4 Å². The number of aliphatic hydroxyl groups excluding tert-OH is 1. The first kappa shape index (κ1) is 11.6. The smallest absolute Gasteiger partial charge is 0.123 e. The van der Waals surface area contributed by atoms with Crippen molar-refractivity contribution in [3.63, 3.8) is 0 Å². The van der Waals surface area contributed by atoms with Crippen molar-refractivity contribution >= 4 is 0 Å². The summed E-state index contributed by atoms with van der Waals surface area (Å²) in [5, 5.41) is 13.0. The molecule has 2 nitrogen and oxygen atoms in total. The van der Waals surface area contributed by atoms with Gasteiger partial charge in [-0.05, 0) is 43.4 Å². The van der Waals surface area contributed by atoms with Gasteiger partial charge in [-0.1, -0.05) is 12.1 Å². The van der Waals surface area contributed by atoms with Crippen LogP contribution >= 0.6 is 0 Å². The van der Waals surface area contributed by atoms with Gasteiger partial charge in [-0.2, -0.15) is 0 Å². The second kappa shape index (κ2) is 5.41. The Bertz CT molecular complexity index is 321. The summed E-state index contributed by atoms with van der Waals surface area (Å²) in [6.45, 7) is 0.672. The number of benzene rings is 1. The number of rotatable bonds is 6. The zero-order valence-electron chi connectivity index (χ0n) is 9.32. The lowest BCUT2D eigenvalue weighted by Gasteiger charge is -2.11. The first-order chi connectivity index (χ1) is 7.74. The Kier molecular flexibility index (Phi) is 3.91. The molecule has 2 N–H and O–H groups in total. The van der Waals surface area contributed by atoms with E-state index in [1.54, 1.807) is 12.1 Å². The lowest BCUT2D eigenvalue weighted by Crippen LogP contribution is -2.28. The molecule has 0 aromatic heterocycles. The zero-order valence-corrected chi connectivity index (χ0v) is 9.32. The molecule has 1 saturated carbocycles. The fraction of sp³-hybridized carbons (Fsp3) is 0.538. The zero-order chi connectivity index (χ0) is 11.4. The SMILES string of the molecule is OC(CCc1ccc(F)cc1)CNC1CC1. The van der Waals surface area contributed by atoms with Gasteiger partial charge in [-0.25, -0.2) is 4.39 Å². The van der Waals surface area contributed by atoms with Gasteiger partial charge in [0, 0.05) is 12.6 Å². The highest BCUT2D eigenvalue weighted by Gasteiger charge is 2.21. The summed E-state index contributed by atoms with van der Waals surface area (Å²) < 4.78 is 12.6. The first-order valence-corrected chi connectivity index (χ1v) is 5.90. The van der Waals surface area contributed by atoms with Gasteiger partial charge >= 0.3 is 0 Å². The van der Waals surface area contributed by atoms with Crippen LogP contribution in [0.4, 0.5) is 4.39 Å². The maximum absolute atomic E-state index is 12.6. The molecule has 0 spiro atoms. The number of nitrogens with one attached hydrogen (secondary N) is 1. The third kappa shape index (κ3) is 3.91. The normalized spacial score (nSPS) is 17.4. The Morgan fingerprint density at radius 2 is 2.00 bits per heavy atom. The van der Waals surface area contributed by atoms with Gasteiger partial charge in [-0.3, -0.25) is 0 Å². The fourth-order valence-electron chi connectivity index (χ4n) is 1.68. The largest absolute Gasteiger partial charge is 0.392 e. The van der Waals surface area contributed by atoms with E-state index >= 15 is 0 Å². The maximum Gasteiger partial charge on any atom is 0.123 e. The molecule has 1 atom stereocenters. The van der Waals surface area contributed by atoms with Crippen molar-refractivity contribution in [3.8, 4) is 0 Å². The van der Waals surface area contributed by atoms with Crippen molar-refractivity contribution in [2.75, 3.05) is 6.54 Å². The van der Waals surface area contributed by atoms with Crippen molar-refractivity contribution in [2.45, 2.75) is 37.8 Å². The average Bonchev–Trinajstić information content (AvgIpc) is 3.09. The molecule has 1 aromatic rings. The van der Waals surface area contributed by atoms with Crippen molar-refractivity contribution in [2.24, 2.45) is 0 Å². The molecule has 1 aliphatic rings. The van der Waals surface area contributed by atoms with Crippen LogP contribution in [0.3, 0.4) is 0 Å². The highest BCUT2D eigenvalue weighted by atomic mass is 19.1. The predicted octanol–water partition coefficient (Wildman–Crippen LogP) is 1.87. The molecule has 0 amide bonds. The predicted molar refractivity (Wildman–Crippen MR) is 61.8 cm³/mol. The van der Waals surface area contributed by atoms with E-state index in [1.165, 1.54) is 25.0 Å². The summed E-state index contributed by atoms with van der Waals surface area (Å²) in [6.07, 6.45) is 3.71. The van der Waals surface area contributed by atoms with Crippen molar-refractivity contribution in [3.05, 3.63) is 35.6 Å². The summed E-state index contributed by atoms with van der Waals surface area (Å²) in [6, 6.07) is 7.11. The summed E-state index contributed by atoms with van der Waals surface area (Å²) in [4.78, 5) is 0. The number of aliphatic hydroxyl groups is 1. The summed E-state index contributed by atoms with van der Waals surface area (Å²) in [7, 11) is 0. The molecule has 0 radical (unpaired) electrons. The van der Waals surface area contributed by atoms with Crippen LogP contribution in [-0.2, 0) is 6.42 Å². The highest BCUT2D eigenvalue weighted by Crippen LogP contribution is 2.18. The van der Waals surface area contributed by atoms with Crippen LogP contribution in [-0.4, -0.2) is 23.8 Å². The molecular weight excluding hydrogens is 205 g/mol. The van der Waals surface area contributed by atoms with Gasteiger partial charge in [0.15, 0.2) is 0 Å². The molecule has 0 heterocycles. The van der Waals surface area contributed by atoms with Gasteiger partial charge in [-0.15, -0.1) is 0 Å². The molecule has 16 heavy (non-hydrogen) atoms. The van der Waals surface area contributed by atoms with E-state index < -0.39 is 0 Å². The standard InChI is InChI=1S/C13H18FNO/c14-11-4-1-10(2-5-11)3-8-13(16)9-15-12-6-7-12/h1-2,4-5,12-13,15-16H,3,6-9H2. The second-order valence-corrected chi connectivity index (χ2v) is 4.50. The number of hydrogen-bond donors (Lipinski definition) is 2. The molecule has 3 heteroatoms. The van der Waals surface area contributed by atoms with Crippen LogP contribution in [0, 0.1) is 5.82 Å². The number of hydrogen-bond acceptors (Lipinski definition) is 2. The second-order valence-electron chi connectivity index (χ2n) is 4.50. The van der Waals surface area contributed by atoms with E-state index in [1.807, 2.05) is 0 Å². The molecule has 0 bridgehead atoms. The Balaban J connectivity index is 1.67. The molecular formula is C13H18FNO. The van der Waals surface area contributed by atoms with Crippen LogP contribution in [0.2, 0.25) is 0 Å². The molecule has 1 unspecified atom stereocenters.